The minimum atomic E-state index is -1.12. The van der Waals surface area contributed by atoms with E-state index in [1.807, 2.05) is 78.7 Å². The van der Waals surface area contributed by atoms with Crippen LogP contribution in [-0.4, -0.2) is 30.2 Å². The van der Waals surface area contributed by atoms with E-state index >= 15 is 0 Å². The van der Waals surface area contributed by atoms with Gasteiger partial charge >= 0.3 is 0 Å². The molecule has 33 heavy (non-hydrogen) atoms. The average molecular weight is 477 g/mol. The molecule has 1 amide bonds. The van der Waals surface area contributed by atoms with Crippen LogP contribution in [0.1, 0.15) is 22.6 Å². The number of likely N-dealkylation sites (N-methyl/N-ethyl adjacent to an activating group) is 1. The highest BCUT2D eigenvalue weighted by Crippen LogP contribution is 2.55. The molecule has 4 nitrogen and oxygen atoms in total. The number of fused-ring (bicyclic) bond motifs is 2. The van der Waals surface area contributed by atoms with E-state index in [-0.39, 0.29) is 17.6 Å². The molecule has 1 saturated heterocycles. The van der Waals surface area contributed by atoms with E-state index in [4.69, 9.17) is 23.2 Å². The topological polar surface area (TPSA) is 49.4 Å². The smallest absolute Gasteiger partial charge is 0.250 e. The van der Waals surface area contributed by atoms with Crippen LogP contribution in [0, 0.1) is 5.92 Å². The molecule has 3 aromatic carbocycles. The van der Waals surface area contributed by atoms with Crippen molar-refractivity contribution in [3.8, 4) is 0 Å². The second-order valence-electron chi connectivity index (χ2n) is 8.51. The Balaban J connectivity index is 1.66. The molecule has 2 heterocycles. The number of carbonyl (C=O) groups is 2. The number of nitrogens with one attached hydrogen (secondary N) is 1. The number of hydrogen-bond donors (Lipinski definition) is 1. The minimum absolute atomic E-state index is 0.143. The Bertz CT molecular complexity index is 1290. The fourth-order valence-electron chi connectivity index (χ4n) is 5.37. The normalized spacial score (nSPS) is 24.4. The van der Waals surface area contributed by atoms with Crippen LogP contribution in [0.5, 0.6) is 0 Å². The molecule has 5 rings (SSSR count). The number of likely N-dealkylation sites (tertiary alicyclic amines) is 1. The summed E-state index contributed by atoms with van der Waals surface area (Å²) in [6.07, 6.45) is 3.27. The maximum Gasteiger partial charge on any atom is 0.250 e. The SMILES string of the molecule is CN1C[C@H](c2ccccc2Cl)[C@@H](C(=O)/C=C/c2ccccc2Cl)[C@@]12C(=O)Nc1ccccc12. The van der Waals surface area contributed by atoms with E-state index in [0.717, 1.165) is 22.4 Å². The van der Waals surface area contributed by atoms with Gasteiger partial charge in [-0.1, -0.05) is 77.8 Å². The van der Waals surface area contributed by atoms with Crippen molar-refractivity contribution in [2.45, 2.75) is 11.5 Å². The Morgan fingerprint density at radius 1 is 1.00 bits per heavy atom. The minimum Gasteiger partial charge on any atom is -0.324 e. The maximum atomic E-state index is 13.9. The number of allylic oxidation sites excluding steroid dienone is 1. The van der Waals surface area contributed by atoms with Crippen LogP contribution in [0.25, 0.3) is 6.08 Å². The summed E-state index contributed by atoms with van der Waals surface area (Å²) in [5.41, 5.74) is 2.05. The largest absolute Gasteiger partial charge is 0.324 e. The first-order valence-electron chi connectivity index (χ1n) is 10.8. The lowest BCUT2D eigenvalue weighted by Gasteiger charge is -2.35. The molecule has 0 radical (unpaired) electrons. The number of halogens is 2. The third kappa shape index (κ3) is 3.41. The fraction of sp³-hybridized carbons (Fsp3) is 0.185. The molecule has 1 spiro atoms. The predicted molar refractivity (Wildman–Crippen MR) is 133 cm³/mol. The van der Waals surface area contributed by atoms with Crippen LogP contribution in [0.4, 0.5) is 5.69 Å². The van der Waals surface area contributed by atoms with E-state index in [1.54, 1.807) is 18.2 Å². The Hall–Kier alpha value is -2.92. The number of rotatable bonds is 4. The van der Waals surface area contributed by atoms with Gasteiger partial charge < -0.3 is 5.32 Å². The highest BCUT2D eigenvalue weighted by atomic mass is 35.5. The van der Waals surface area contributed by atoms with Crippen LogP contribution < -0.4 is 5.32 Å². The van der Waals surface area contributed by atoms with Gasteiger partial charge in [0.1, 0.15) is 5.54 Å². The lowest BCUT2D eigenvalue weighted by atomic mass is 9.71. The van der Waals surface area contributed by atoms with E-state index < -0.39 is 11.5 Å². The second kappa shape index (κ2) is 8.45. The van der Waals surface area contributed by atoms with Crippen molar-refractivity contribution in [3.05, 3.63) is 106 Å². The van der Waals surface area contributed by atoms with Crippen molar-refractivity contribution in [1.29, 1.82) is 0 Å². The predicted octanol–water partition coefficient (Wildman–Crippen LogP) is 5.77. The first-order chi connectivity index (χ1) is 15.9. The Morgan fingerprint density at radius 2 is 1.67 bits per heavy atom. The molecule has 0 aromatic heterocycles. The van der Waals surface area contributed by atoms with Gasteiger partial charge in [0.2, 0.25) is 5.91 Å². The first kappa shape index (κ1) is 21.9. The highest BCUT2D eigenvalue weighted by Gasteiger charge is 2.63. The van der Waals surface area contributed by atoms with Gasteiger partial charge in [0.05, 0.1) is 5.92 Å². The number of benzene rings is 3. The monoisotopic (exact) mass is 476 g/mol. The van der Waals surface area contributed by atoms with Crippen molar-refractivity contribution >= 4 is 46.7 Å². The molecule has 2 aliphatic rings. The number of anilines is 1. The number of ketones is 1. The molecular weight excluding hydrogens is 455 g/mol. The number of nitrogens with zero attached hydrogens (tertiary/aromatic N) is 1. The standard InChI is InChI=1S/C27H22Cl2N2O2/c1-31-16-19(18-9-3-6-12-22(18)29)25(24(32)15-14-17-8-2-5-11-21(17)28)27(31)20-10-4-7-13-23(20)30-26(27)33/h2-15,19,25H,16H2,1H3,(H,30,33)/b15-14+/t19-,25+,27+/m1/s1. The Morgan fingerprint density at radius 3 is 2.42 bits per heavy atom. The number of para-hydroxylation sites is 1. The van der Waals surface area contributed by atoms with Crippen molar-refractivity contribution in [2.24, 2.45) is 5.92 Å². The quantitative estimate of drug-likeness (QED) is 0.486. The molecule has 0 unspecified atom stereocenters. The third-order valence-electron chi connectivity index (χ3n) is 6.80. The molecule has 1 fully saturated rings. The van der Waals surface area contributed by atoms with Gasteiger partial charge in [0.15, 0.2) is 5.78 Å². The average Bonchev–Trinajstić information content (AvgIpc) is 3.28. The fourth-order valence-corrected chi connectivity index (χ4v) is 5.84. The van der Waals surface area contributed by atoms with Gasteiger partial charge in [-0.25, -0.2) is 0 Å². The van der Waals surface area contributed by atoms with Gasteiger partial charge in [0, 0.05) is 33.8 Å². The van der Waals surface area contributed by atoms with E-state index in [0.29, 0.717) is 16.6 Å². The molecule has 0 aliphatic carbocycles. The molecule has 0 saturated carbocycles. The maximum absolute atomic E-state index is 13.9. The molecule has 3 atom stereocenters. The molecule has 6 heteroatoms. The number of amides is 1. The van der Waals surface area contributed by atoms with E-state index in [1.165, 1.54) is 0 Å². The summed E-state index contributed by atoms with van der Waals surface area (Å²) in [5.74, 6) is -1.25. The highest BCUT2D eigenvalue weighted by molar-refractivity contribution is 6.32. The molecule has 166 valence electrons. The van der Waals surface area contributed by atoms with Crippen molar-refractivity contribution in [1.82, 2.24) is 4.90 Å². The van der Waals surface area contributed by atoms with Gasteiger partial charge in [0.25, 0.3) is 0 Å². The van der Waals surface area contributed by atoms with E-state index in [9.17, 15) is 9.59 Å². The number of hydrogen-bond acceptors (Lipinski definition) is 3. The van der Waals surface area contributed by atoms with Crippen LogP contribution in [0.15, 0.2) is 78.9 Å². The van der Waals surface area contributed by atoms with E-state index in [2.05, 4.69) is 5.32 Å². The summed E-state index contributed by atoms with van der Waals surface area (Å²) in [7, 11) is 1.90. The van der Waals surface area contributed by atoms with Crippen LogP contribution in [0.2, 0.25) is 10.0 Å². The second-order valence-corrected chi connectivity index (χ2v) is 9.32. The van der Waals surface area contributed by atoms with Gasteiger partial charge in [-0.05, 0) is 48.5 Å². The molecule has 1 N–H and O–H groups in total. The van der Waals surface area contributed by atoms with Gasteiger partial charge in [-0.2, -0.15) is 0 Å². The van der Waals surface area contributed by atoms with Crippen LogP contribution in [-0.2, 0) is 15.1 Å². The summed E-state index contributed by atoms with van der Waals surface area (Å²) < 4.78 is 0. The van der Waals surface area contributed by atoms with Gasteiger partial charge in [-0.15, -0.1) is 0 Å². The lowest BCUT2D eigenvalue weighted by molar-refractivity contribution is -0.133. The Kier molecular flexibility index (Phi) is 5.61. The summed E-state index contributed by atoms with van der Waals surface area (Å²) in [6, 6.07) is 22.5. The van der Waals surface area contributed by atoms with Crippen molar-refractivity contribution in [2.75, 3.05) is 18.9 Å². The molecule has 0 bridgehead atoms. The molecule has 3 aromatic rings. The van der Waals surface area contributed by atoms with Gasteiger partial charge in [-0.3, -0.25) is 14.5 Å². The Labute approximate surface area is 202 Å². The van der Waals surface area contributed by atoms with Crippen molar-refractivity contribution in [3.63, 3.8) is 0 Å². The molecular formula is C27H22Cl2N2O2. The zero-order valence-corrected chi connectivity index (χ0v) is 19.5. The zero-order chi connectivity index (χ0) is 23.2. The van der Waals surface area contributed by atoms with Crippen LogP contribution in [0.3, 0.4) is 0 Å². The first-order valence-corrected chi connectivity index (χ1v) is 11.5. The number of carbonyl (C=O) groups excluding carboxylic acids is 2. The van der Waals surface area contributed by atoms with Crippen molar-refractivity contribution < 1.29 is 9.59 Å². The molecule has 2 aliphatic heterocycles. The lowest BCUT2D eigenvalue weighted by Crippen LogP contribution is -2.51. The summed E-state index contributed by atoms with van der Waals surface area (Å²) in [6.45, 7) is 0.516. The summed E-state index contributed by atoms with van der Waals surface area (Å²) >= 11 is 12.9. The zero-order valence-electron chi connectivity index (χ0n) is 18.0. The van der Waals surface area contributed by atoms with Crippen LogP contribution >= 0.6 is 23.2 Å². The summed E-state index contributed by atoms with van der Waals surface area (Å²) in [5, 5.41) is 4.16. The third-order valence-corrected chi connectivity index (χ3v) is 7.49. The summed E-state index contributed by atoms with van der Waals surface area (Å²) in [4.78, 5) is 29.5.